The molecule has 2 aromatic carbocycles. The number of hydrogen-bond acceptors (Lipinski definition) is 5. The minimum Gasteiger partial charge on any atom is -0.491 e. The number of carbonyl (C=O) groups is 1. The zero-order valence-electron chi connectivity index (χ0n) is 18.1. The van der Waals surface area contributed by atoms with E-state index in [-0.39, 0.29) is 36.1 Å². The second kappa shape index (κ2) is 10.2. The molecular weight excluding hydrogens is 453 g/mol. The number of benzene rings is 2. The molecule has 1 amide bonds. The summed E-state index contributed by atoms with van der Waals surface area (Å²) in [6.45, 7) is 0.777. The summed E-state index contributed by atoms with van der Waals surface area (Å²) in [4.78, 5) is 16.8. The number of ether oxygens (including phenoxy) is 2. The van der Waals surface area contributed by atoms with E-state index in [0.29, 0.717) is 26.0 Å². The van der Waals surface area contributed by atoms with Gasteiger partial charge in [-0.3, -0.25) is 4.90 Å². The van der Waals surface area contributed by atoms with Crippen molar-refractivity contribution in [3.8, 4) is 17.0 Å². The molecule has 1 N–H and O–H groups in total. The van der Waals surface area contributed by atoms with E-state index < -0.39 is 23.9 Å². The predicted molar refractivity (Wildman–Crippen MR) is 115 cm³/mol. The van der Waals surface area contributed by atoms with E-state index in [2.05, 4.69) is 4.98 Å². The van der Waals surface area contributed by atoms with Crippen molar-refractivity contribution in [2.75, 3.05) is 19.8 Å². The van der Waals surface area contributed by atoms with Crippen LogP contribution in [-0.2, 0) is 17.5 Å². The molecule has 0 saturated carbocycles. The van der Waals surface area contributed by atoms with Crippen LogP contribution < -0.4 is 4.74 Å². The molecule has 0 bridgehead atoms. The van der Waals surface area contributed by atoms with E-state index in [9.17, 15) is 23.1 Å². The van der Waals surface area contributed by atoms with E-state index in [0.717, 1.165) is 11.6 Å². The van der Waals surface area contributed by atoms with Crippen molar-refractivity contribution >= 4 is 6.09 Å². The van der Waals surface area contributed by atoms with Crippen molar-refractivity contribution in [1.29, 1.82) is 0 Å². The number of amides is 1. The van der Waals surface area contributed by atoms with Gasteiger partial charge in [0, 0.05) is 12.1 Å². The number of halogens is 3. The Morgan fingerprint density at radius 3 is 2.71 bits per heavy atom. The number of hydrogen-bond donors (Lipinski definition) is 1. The van der Waals surface area contributed by atoms with Gasteiger partial charge in [-0.05, 0) is 36.6 Å². The van der Waals surface area contributed by atoms with Gasteiger partial charge in [-0.15, -0.1) is 0 Å². The lowest BCUT2D eigenvalue weighted by molar-refractivity contribution is -0.139. The maximum Gasteiger partial charge on any atom is 0.419 e. The summed E-state index contributed by atoms with van der Waals surface area (Å²) in [6, 6.07) is 12.5. The summed E-state index contributed by atoms with van der Waals surface area (Å²) < 4.78 is 57.4. The van der Waals surface area contributed by atoms with Gasteiger partial charge in [0.05, 0.1) is 18.8 Å². The molecule has 7 nitrogen and oxygen atoms in total. The Morgan fingerprint density at radius 2 is 1.97 bits per heavy atom. The monoisotopic (exact) mass is 476 g/mol. The van der Waals surface area contributed by atoms with E-state index in [1.165, 1.54) is 23.3 Å². The molecule has 1 aliphatic heterocycles. The number of aromatic nitrogens is 1. The molecular formula is C24H23F3N2O5. The summed E-state index contributed by atoms with van der Waals surface area (Å²) in [7, 11) is 0. The first-order valence-corrected chi connectivity index (χ1v) is 10.7. The predicted octanol–water partition coefficient (Wildman–Crippen LogP) is 5.77. The summed E-state index contributed by atoms with van der Waals surface area (Å²) in [6.07, 6.45) is -3.29. The molecule has 0 unspecified atom stereocenters. The molecule has 0 spiro atoms. The number of oxazole rings is 1. The van der Waals surface area contributed by atoms with Gasteiger partial charge in [0.1, 0.15) is 30.4 Å². The lowest BCUT2D eigenvalue weighted by Crippen LogP contribution is -2.28. The fourth-order valence-electron chi connectivity index (χ4n) is 3.84. The van der Waals surface area contributed by atoms with Crippen LogP contribution in [0.3, 0.4) is 0 Å². The van der Waals surface area contributed by atoms with Crippen molar-refractivity contribution in [1.82, 2.24) is 9.88 Å². The Bertz CT molecular complexity index is 1120. The number of likely N-dealkylation sites (tertiary alicyclic amines) is 1. The first-order chi connectivity index (χ1) is 16.3. The molecule has 3 aromatic rings. The second-order valence-corrected chi connectivity index (χ2v) is 7.80. The zero-order chi connectivity index (χ0) is 24.1. The highest BCUT2D eigenvalue weighted by molar-refractivity contribution is 5.66. The minimum atomic E-state index is -4.64. The Kier molecular flexibility index (Phi) is 7.06. The van der Waals surface area contributed by atoms with Crippen molar-refractivity contribution in [2.45, 2.75) is 31.7 Å². The van der Waals surface area contributed by atoms with Crippen LogP contribution in [0.25, 0.3) is 11.3 Å². The number of carboxylic acid groups (broad SMARTS) is 1. The first-order valence-electron chi connectivity index (χ1n) is 10.7. The average molecular weight is 476 g/mol. The molecule has 1 saturated heterocycles. The maximum absolute atomic E-state index is 13.7. The van der Waals surface area contributed by atoms with E-state index in [1.54, 1.807) is 0 Å². The molecule has 1 aliphatic rings. The molecule has 0 radical (unpaired) electrons. The molecule has 2 heterocycles. The average Bonchev–Trinajstić information content (AvgIpc) is 3.49. The normalized spacial score (nSPS) is 16.1. The van der Waals surface area contributed by atoms with E-state index in [4.69, 9.17) is 13.9 Å². The topological polar surface area (TPSA) is 85.0 Å². The lowest BCUT2D eigenvalue weighted by atomic mass is 10.1. The molecule has 1 aromatic heterocycles. The molecule has 10 heteroatoms. The van der Waals surface area contributed by atoms with E-state index in [1.807, 2.05) is 30.3 Å². The van der Waals surface area contributed by atoms with Crippen LogP contribution in [0.2, 0.25) is 0 Å². The molecule has 34 heavy (non-hydrogen) atoms. The van der Waals surface area contributed by atoms with Gasteiger partial charge in [-0.2, -0.15) is 13.2 Å². The van der Waals surface area contributed by atoms with Crippen LogP contribution in [-0.4, -0.2) is 40.8 Å². The summed E-state index contributed by atoms with van der Waals surface area (Å²) >= 11 is 0. The van der Waals surface area contributed by atoms with Crippen molar-refractivity contribution in [3.05, 3.63) is 71.8 Å². The first kappa shape index (κ1) is 23.6. The van der Waals surface area contributed by atoms with Crippen molar-refractivity contribution < 1.29 is 37.0 Å². The third-order valence-electron chi connectivity index (χ3n) is 5.48. The van der Waals surface area contributed by atoms with Gasteiger partial charge >= 0.3 is 12.3 Å². The molecule has 0 aliphatic carbocycles. The van der Waals surface area contributed by atoms with Gasteiger partial charge in [-0.1, -0.05) is 30.3 Å². The quantitative estimate of drug-likeness (QED) is 0.416. The standard InChI is InChI=1S/C24H23F3N2O5/c25-24(26,27)18-13-17(19-15-34-22(28-19)20-7-4-10-29(20)23(30)31)8-9-21(18)33-12-11-32-14-16-5-2-1-3-6-16/h1-3,5-6,8-9,13,15,20H,4,7,10-12,14H2,(H,30,31)/t20-/m0/s1. The zero-order valence-corrected chi connectivity index (χ0v) is 18.1. The SMILES string of the molecule is O=C(O)N1CCC[C@H]1c1nc(-c2ccc(OCCOCc3ccccc3)c(C(F)(F)F)c2)co1. The third-order valence-corrected chi connectivity index (χ3v) is 5.48. The van der Waals surface area contributed by atoms with Gasteiger partial charge in [0.25, 0.3) is 0 Å². The van der Waals surface area contributed by atoms with Gasteiger partial charge in [0.15, 0.2) is 0 Å². The number of alkyl halides is 3. The van der Waals surface area contributed by atoms with Gasteiger partial charge in [-0.25, -0.2) is 9.78 Å². The van der Waals surface area contributed by atoms with Crippen LogP contribution in [0.1, 0.15) is 35.9 Å². The van der Waals surface area contributed by atoms with Gasteiger partial charge < -0.3 is 19.0 Å². The largest absolute Gasteiger partial charge is 0.491 e. The van der Waals surface area contributed by atoms with Crippen molar-refractivity contribution in [3.63, 3.8) is 0 Å². The highest BCUT2D eigenvalue weighted by atomic mass is 19.4. The molecule has 180 valence electrons. The van der Waals surface area contributed by atoms with Crippen LogP contribution in [0.15, 0.2) is 59.2 Å². The summed E-state index contributed by atoms with van der Waals surface area (Å²) in [5, 5.41) is 9.30. The Morgan fingerprint density at radius 1 is 1.18 bits per heavy atom. The fraction of sp³-hybridized carbons (Fsp3) is 0.333. The highest BCUT2D eigenvalue weighted by Gasteiger charge is 2.36. The molecule has 1 fully saturated rings. The Hall–Kier alpha value is -3.53. The third kappa shape index (κ3) is 5.51. The molecule has 1 atom stereocenters. The van der Waals surface area contributed by atoms with Crippen LogP contribution in [0, 0.1) is 0 Å². The van der Waals surface area contributed by atoms with Crippen molar-refractivity contribution in [2.24, 2.45) is 0 Å². The fourth-order valence-corrected chi connectivity index (χ4v) is 3.84. The smallest absolute Gasteiger partial charge is 0.419 e. The highest BCUT2D eigenvalue weighted by Crippen LogP contribution is 2.39. The molecule has 4 rings (SSSR count). The summed E-state index contributed by atoms with van der Waals surface area (Å²) in [5.74, 6) is -0.143. The van der Waals surface area contributed by atoms with Crippen LogP contribution in [0.5, 0.6) is 5.75 Å². The second-order valence-electron chi connectivity index (χ2n) is 7.80. The minimum absolute atomic E-state index is 0.0456. The van der Waals surface area contributed by atoms with E-state index >= 15 is 0 Å². The summed E-state index contributed by atoms with van der Waals surface area (Å²) in [5.41, 5.74) is 0.398. The maximum atomic E-state index is 13.7. The Balaban J connectivity index is 1.44. The lowest BCUT2D eigenvalue weighted by Gasteiger charge is -2.18. The number of rotatable bonds is 8. The van der Waals surface area contributed by atoms with Gasteiger partial charge in [0.2, 0.25) is 5.89 Å². The number of nitrogens with zero attached hydrogens (tertiary/aromatic N) is 2. The van der Waals surface area contributed by atoms with Crippen LogP contribution >= 0.6 is 0 Å². The Labute approximate surface area is 193 Å². The van der Waals surface area contributed by atoms with Crippen LogP contribution in [0.4, 0.5) is 18.0 Å².